The number of hydrogen-bond donors (Lipinski definition) is 1. The third-order valence-electron chi connectivity index (χ3n) is 3.40. The largest absolute Gasteiger partial charge is 0.310 e. The Morgan fingerprint density at radius 3 is 2.68 bits per heavy atom. The molecule has 0 unspecified atom stereocenters. The Balaban J connectivity index is 2.11. The minimum atomic E-state index is -3.48. The van der Waals surface area contributed by atoms with Gasteiger partial charge in [-0.05, 0) is 43.2 Å². The molecule has 0 radical (unpaired) electrons. The number of thiophene rings is 1. The van der Waals surface area contributed by atoms with E-state index in [2.05, 4.69) is 10.4 Å². The van der Waals surface area contributed by atoms with Crippen molar-refractivity contribution >= 4 is 32.9 Å². The zero-order chi connectivity index (χ0) is 16.3. The van der Waals surface area contributed by atoms with Crippen LogP contribution in [0.2, 0.25) is 0 Å². The van der Waals surface area contributed by atoms with Gasteiger partial charge in [0, 0.05) is 6.07 Å². The van der Waals surface area contributed by atoms with Gasteiger partial charge in [-0.2, -0.15) is 16.4 Å². The summed E-state index contributed by atoms with van der Waals surface area (Å²) in [4.78, 5) is 12.2. The minimum Gasteiger partial charge on any atom is -0.310 e. The van der Waals surface area contributed by atoms with Gasteiger partial charge in [0.15, 0.2) is 9.84 Å². The van der Waals surface area contributed by atoms with Crippen LogP contribution in [0.25, 0.3) is 0 Å². The minimum absolute atomic E-state index is 0.488. The number of carbonyl (C=O) groups excluding carboxylic acids is 1. The summed E-state index contributed by atoms with van der Waals surface area (Å²) in [6.45, 7) is 5.07. The number of hydrogen-bond acceptors (Lipinski definition) is 5. The first kappa shape index (κ1) is 16.7. The lowest BCUT2D eigenvalue weighted by atomic mass is 10.3. The van der Waals surface area contributed by atoms with Crippen molar-refractivity contribution in [3.05, 3.63) is 34.7 Å². The van der Waals surface area contributed by atoms with Crippen molar-refractivity contribution in [2.75, 3.05) is 5.32 Å². The fraction of sp³-hybridized carbons (Fsp3) is 0.429. The lowest BCUT2D eigenvalue weighted by Gasteiger charge is -2.16. The van der Waals surface area contributed by atoms with Crippen LogP contribution >= 0.6 is 11.3 Å². The van der Waals surface area contributed by atoms with Crippen molar-refractivity contribution < 1.29 is 13.2 Å². The normalized spacial score (nSPS) is 13.3. The zero-order valence-electron chi connectivity index (χ0n) is 12.7. The molecule has 0 fully saturated rings. The Labute approximate surface area is 134 Å². The Bertz CT molecular complexity index is 733. The van der Waals surface area contributed by atoms with E-state index < -0.39 is 26.2 Å². The van der Waals surface area contributed by atoms with E-state index in [0.29, 0.717) is 12.4 Å². The number of sulfone groups is 1. The van der Waals surface area contributed by atoms with Gasteiger partial charge in [0.25, 0.3) is 0 Å². The number of nitrogens with one attached hydrogen (secondary N) is 1. The average Bonchev–Trinajstić information content (AvgIpc) is 3.11. The van der Waals surface area contributed by atoms with Crippen LogP contribution in [0.3, 0.4) is 0 Å². The number of carbonyl (C=O) groups is 1. The van der Waals surface area contributed by atoms with E-state index in [9.17, 15) is 13.2 Å². The van der Waals surface area contributed by atoms with Gasteiger partial charge in [0.05, 0.1) is 18.0 Å². The maximum absolute atomic E-state index is 12.2. The number of amides is 1. The standard InChI is InChI=1S/C14H19N3O3S2/c1-10(2)22(19,20)11(3)14(18)16-13-4-6-15-17(13)8-12-5-7-21-9-12/h4-7,9-11H,8H2,1-3H3,(H,16,18)/t11-/m1/s1. The van der Waals surface area contributed by atoms with Crippen LogP contribution in [0, 0.1) is 0 Å². The SMILES string of the molecule is CC(C)S(=O)(=O)[C@H](C)C(=O)Nc1ccnn1Cc1ccsc1. The Kier molecular flexibility index (Phi) is 5.02. The van der Waals surface area contributed by atoms with Crippen molar-refractivity contribution in [2.45, 2.75) is 37.8 Å². The molecule has 0 saturated carbocycles. The summed E-state index contributed by atoms with van der Waals surface area (Å²) in [7, 11) is -3.48. The lowest BCUT2D eigenvalue weighted by molar-refractivity contribution is -0.115. The first-order chi connectivity index (χ1) is 10.3. The molecule has 1 amide bonds. The molecule has 0 bridgehead atoms. The molecule has 0 saturated heterocycles. The molecule has 2 aromatic rings. The van der Waals surface area contributed by atoms with Crippen LogP contribution in [0.5, 0.6) is 0 Å². The number of rotatable bonds is 6. The van der Waals surface area contributed by atoms with Crippen LogP contribution in [0.4, 0.5) is 5.82 Å². The fourth-order valence-electron chi connectivity index (χ4n) is 1.91. The van der Waals surface area contributed by atoms with Crippen molar-refractivity contribution in [1.82, 2.24) is 9.78 Å². The molecule has 8 heteroatoms. The monoisotopic (exact) mass is 341 g/mol. The van der Waals surface area contributed by atoms with Gasteiger partial charge in [0.2, 0.25) is 5.91 Å². The molecule has 1 N–H and O–H groups in total. The van der Waals surface area contributed by atoms with Gasteiger partial charge in [-0.3, -0.25) is 4.79 Å². The second-order valence-corrected chi connectivity index (χ2v) is 8.88. The molecule has 1 atom stereocenters. The molecule has 22 heavy (non-hydrogen) atoms. The van der Waals surface area contributed by atoms with Crippen molar-refractivity contribution in [1.29, 1.82) is 0 Å². The van der Waals surface area contributed by atoms with Crippen LogP contribution in [-0.2, 0) is 21.2 Å². The smallest absolute Gasteiger partial charge is 0.243 e. The van der Waals surface area contributed by atoms with Gasteiger partial charge in [-0.15, -0.1) is 0 Å². The molecule has 6 nitrogen and oxygen atoms in total. The molecule has 2 heterocycles. The molecular weight excluding hydrogens is 322 g/mol. The van der Waals surface area contributed by atoms with Gasteiger partial charge >= 0.3 is 0 Å². The predicted molar refractivity (Wildman–Crippen MR) is 87.8 cm³/mol. The van der Waals surface area contributed by atoms with E-state index in [1.54, 1.807) is 42.1 Å². The molecular formula is C14H19N3O3S2. The van der Waals surface area contributed by atoms with Gasteiger partial charge in [0.1, 0.15) is 11.1 Å². The molecule has 0 spiro atoms. The highest BCUT2D eigenvalue weighted by Crippen LogP contribution is 2.15. The average molecular weight is 341 g/mol. The van der Waals surface area contributed by atoms with Gasteiger partial charge < -0.3 is 5.32 Å². The first-order valence-electron chi connectivity index (χ1n) is 6.89. The van der Waals surface area contributed by atoms with E-state index in [0.717, 1.165) is 5.56 Å². The third kappa shape index (κ3) is 3.56. The number of aromatic nitrogens is 2. The summed E-state index contributed by atoms with van der Waals surface area (Å²) in [6, 6.07) is 3.63. The summed E-state index contributed by atoms with van der Waals surface area (Å²) in [5.74, 6) is -0.0530. The van der Waals surface area contributed by atoms with Crippen molar-refractivity contribution in [3.63, 3.8) is 0 Å². The van der Waals surface area contributed by atoms with Crippen molar-refractivity contribution in [3.8, 4) is 0 Å². The Morgan fingerprint density at radius 1 is 1.36 bits per heavy atom. The summed E-state index contributed by atoms with van der Waals surface area (Å²) < 4.78 is 25.8. The molecule has 2 rings (SSSR count). The van der Waals surface area contributed by atoms with Gasteiger partial charge in [-0.1, -0.05) is 0 Å². The summed E-state index contributed by atoms with van der Waals surface area (Å²) in [6.07, 6.45) is 1.57. The first-order valence-corrected chi connectivity index (χ1v) is 9.44. The molecule has 0 aliphatic carbocycles. The van der Waals surface area contributed by atoms with Crippen LogP contribution in [0.1, 0.15) is 26.3 Å². The van der Waals surface area contributed by atoms with E-state index in [4.69, 9.17) is 0 Å². The lowest BCUT2D eigenvalue weighted by Crippen LogP contribution is -2.37. The number of nitrogens with zero attached hydrogens (tertiary/aromatic N) is 2. The topological polar surface area (TPSA) is 81.1 Å². The molecule has 0 aliphatic heterocycles. The molecule has 0 aliphatic rings. The van der Waals surface area contributed by atoms with E-state index >= 15 is 0 Å². The second kappa shape index (κ2) is 6.62. The van der Waals surface area contributed by atoms with E-state index in [1.807, 2.05) is 16.8 Å². The quantitative estimate of drug-likeness (QED) is 0.873. The molecule has 0 aromatic carbocycles. The summed E-state index contributed by atoms with van der Waals surface area (Å²) >= 11 is 1.58. The highest BCUT2D eigenvalue weighted by Gasteiger charge is 2.31. The number of anilines is 1. The Morgan fingerprint density at radius 2 is 2.09 bits per heavy atom. The summed E-state index contributed by atoms with van der Waals surface area (Å²) in [5.41, 5.74) is 1.08. The second-order valence-electron chi connectivity index (χ2n) is 5.27. The predicted octanol–water partition coefficient (Wildman–Crippen LogP) is 2.14. The maximum atomic E-state index is 12.2. The fourth-order valence-corrected chi connectivity index (χ4v) is 3.74. The van der Waals surface area contributed by atoms with E-state index in [-0.39, 0.29) is 0 Å². The van der Waals surface area contributed by atoms with Gasteiger partial charge in [-0.25, -0.2) is 13.1 Å². The third-order valence-corrected chi connectivity index (χ3v) is 6.65. The highest BCUT2D eigenvalue weighted by atomic mass is 32.2. The van der Waals surface area contributed by atoms with Crippen molar-refractivity contribution in [2.24, 2.45) is 0 Å². The van der Waals surface area contributed by atoms with E-state index in [1.165, 1.54) is 6.92 Å². The van der Waals surface area contributed by atoms with Crippen LogP contribution in [-0.4, -0.2) is 34.6 Å². The van der Waals surface area contributed by atoms with Crippen LogP contribution < -0.4 is 5.32 Å². The molecule has 2 aromatic heterocycles. The summed E-state index contributed by atoms with van der Waals surface area (Å²) in [5, 5.41) is 9.08. The molecule has 120 valence electrons. The van der Waals surface area contributed by atoms with Crippen LogP contribution in [0.15, 0.2) is 29.1 Å². The highest BCUT2D eigenvalue weighted by molar-refractivity contribution is 7.93. The Hall–Kier alpha value is -1.67. The zero-order valence-corrected chi connectivity index (χ0v) is 14.3. The maximum Gasteiger partial charge on any atom is 0.243 e.